The Morgan fingerprint density at radius 1 is 1.37 bits per heavy atom. The third-order valence-electron chi connectivity index (χ3n) is 2.57. The number of hydrogen-bond donors (Lipinski definition) is 1. The molecule has 0 unspecified atom stereocenters. The van der Waals surface area contributed by atoms with E-state index >= 15 is 0 Å². The quantitative estimate of drug-likeness (QED) is 0.850. The fourth-order valence-electron chi connectivity index (χ4n) is 1.61. The van der Waals surface area contributed by atoms with Crippen LogP contribution in [0.4, 0.5) is 5.69 Å². The van der Waals surface area contributed by atoms with E-state index in [9.17, 15) is 4.79 Å². The summed E-state index contributed by atoms with van der Waals surface area (Å²) in [5.41, 5.74) is 2.06. The van der Waals surface area contributed by atoms with Crippen LogP contribution in [0.2, 0.25) is 0 Å². The van der Waals surface area contributed by atoms with E-state index in [1.165, 1.54) is 0 Å². The summed E-state index contributed by atoms with van der Waals surface area (Å²) >= 11 is 2.71. The molecule has 0 aliphatic rings. The van der Waals surface area contributed by atoms with E-state index in [-0.39, 0.29) is 5.91 Å². The van der Waals surface area contributed by atoms with Crippen molar-refractivity contribution in [2.24, 2.45) is 0 Å². The first-order chi connectivity index (χ1) is 9.11. The zero-order valence-electron chi connectivity index (χ0n) is 10.2. The number of aromatic nitrogens is 1. The number of benzene rings is 1. The molecule has 93 valence electrons. The van der Waals surface area contributed by atoms with E-state index in [4.69, 9.17) is 5.26 Å². The Hall–Kier alpha value is -2.15. The molecule has 2 aromatic rings. The molecule has 0 spiro atoms. The molecule has 0 aliphatic heterocycles. The predicted molar refractivity (Wildman–Crippen MR) is 73.5 cm³/mol. The SMILES string of the molecule is Cc1nc([Se])c(C#N)cc1C(=O)Nc1ccccc1. The average molecular weight is 315 g/mol. The van der Waals surface area contributed by atoms with Crippen molar-refractivity contribution < 1.29 is 4.79 Å². The monoisotopic (exact) mass is 316 g/mol. The Balaban J connectivity index is 2.32. The van der Waals surface area contributed by atoms with Gasteiger partial charge in [-0.15, -0.1) is 0 Å². The number of hydrogen-bond acceptors (Lipinski definition) is 3. The minimum atomic E-state index is -0.271. The van der Waals surface area contributed by atoms with Gasteiger partial charge in [-0.2, -0.15) is 0 Å². The molecule has 0 atom stereocenters. The number of carbonyl (C=O) groups is 1. The topological polar surface area (TPSA) is 65.8 Å². The van der Waals surface area contributed by atoms with Crippen LogP contribution in [0, 0.1) is 18.3 Å². The predicted octanol–water partition coefficient (Wildman–Crippen LogP) is 1.31. The van der Waals surface area contributed by atoms with E-state index in [0.717, 1.165) is 0 Å². The van der Waals surface area contributed by atoms with Gasteiger partial charge in [0.25, 0.3) is 0 Å². The molecule has 0 saturated heterocycles. The number of nitrogens with zero attached hydrogens (tertiary/aromatic N) is 2. The molecule has 4 nitrogen and oxygen atoms in total. The van der Waals surface area contributed by atoms with Crippen LogP contribution in [0.25, 0.3) is 0 Å². The van der Waals surface area contributed by atoms with Crippen molar-refractivity contribution in [1.82, 2.24) is 4.98 Å². The van der Waals surface area contributed by atoms with Gasteiger partial charge in [-0.25, -0.2) is 0 Å². The Kier molecular flexibility index (Phi) is 3.96. The van der Waals surface area contributed by atoms with E-state index in [2.05, 4.69) is 26.3 Å². The van der Waals surface area contributed by atoms with Gasteiger partial charge in [0.05, 0.1) is 0 Å². The van der Waals surface area contributed by atoms with Gasteiger partial charge in [0, 0.05) is 0 Å². The molecule has 1 aromatic carbocycles. The Bertz CT molecular complexity index is 662. The van der Waals surface area contributed by atoms with Crippen LogP contribution in [-0.4, -0.2) is 26.9 Å². The standard InChI is InChI=1S/C14H10N3OSe/c1-9-12(7-10(8-15)14(19)16-9)13(18)17-11-5-3-2-4-6-11/h2-7H,1H3,(H,17,18). The van der Waals surface area contributed by atoms with Gasteiger partial charge in [-0.3, -0.25) is 0 Å². The van der Waals surface area contributed by atoms with Crippen molar-refractivity contribution in [3.05, 3.63) is 53.2 Å². The molecule has 1 radical (unpaired) electrons. The molecule has 0 aliphatic carbocycles. The van der Waals surface area contributed by atoms with Crippen LogP contribution >= 0.6 is 0 Å². The zero-order chi connectivity index (χ0) is 13.8. The number of anilines is 1. The molecule has 5 heteroatoms. The van der Waals surface area contributed by atoms with E-state index < -0.39 is 0 Å². The number of nitriles is 1. The summed E-state index contributed by atoms with van der Waals surface area (Å²) in [6.07, 6.45) is 0. The number of para-hydroxylation sites is 1. The number of rotatable bonds is 2. The van der Waals surface area contributed by atoms with Crippen molar-refractivity contribution >= 4 is 32.2 Å². The number of aryl methyl sites for hydroxylation is 1. The summed E-state index contributed by atoms with van der Waals surface area (Å²) in [7, 11) is 0. The van der Waals surface area contributed by atoms with Gasteiger partial charge in [-0.1, -0.05) is 0 Å². The van der Waals surface area contributed by atoms with Crippen molar-refractivity contribution in [2.75, 3.05) is 5.32 Å². The second-order valence-corrected chi connectivity index (χ2v) is 4.72. The molecule has 1 N–H and O–H groups in total. The molecule has 0 fully saturated rings. The molecule has 1 heterocycles. The summed E-state index contributed by atoms with van der Waals surface area (Å²) in [5, 5.41) is 11.7. The Labute approximate surface area is 119 Å². The molecule has 0 saturated carbocycles. The molecule has 1 amide bonds. The fraction of sp³-hybridized carbons (Fsp3) is 0.0714. The van der Waals surface area contributed by atoms with Crippen molar-refractivity contribution in [2.45, 2.75) is 6.92 Å². The van der Waals surface area contributed by atoms with Crippen molar-refractivity contribution in [1.29, 1.82) is 5.26 Å². The number of pyridine rings is 1. The second-order valence-electron chi connectivity index (χ2n) is 3.91. The number of amides is 1. The summed E-state index contributed by atoms with van der Waals surface area (Å²) in [6.45, 7) is 1.74. The molecule has 1 aromatic heterocycles. The van der Waals surface area contributed by atoms with E-state index in [1.54, 1.807) is 25.1 Å². The normalized spacial score (nSPS) is 9.68. The van der Waals surface area contributed by atoms with Crippen LogP contribution in [0.5, 0.6) is 0 Å². The van der Waals surface area contributed by atoms with Gasteiger partial charge in [-0.05, 0) is 0 Å². The molecule has 0 bridgehead atoms. The van der Waals surface area contributed by atoms with Gasteiger partial charge >= 0.3 is 119 Å². The summed E-state index contributed by atoms with van der Waals surface area (Å²) in [5.74, 6) is -0.271. The summed E-state index contributed by atoms with van der Waals surface area (Å²) in [6, 6.07) is 12.7. The first kappa shape index (κ1) is 13.3. The van der Waals surface area contributed by atoms with Gasteiger partial charge < -0.3 is 0 Å². The van der Waals surface area contributed by atoms with Crippen LogP contribution in [0.15, 0.2) is 36.4 Å². The molecular weight excluding hydrogens is 305 g/mol. The zero-order valence-corrected chi connectivity index (χ0v) is 11.9. The third-order valence-corrected chi connectivity index (χ3v) is 3.23. The van der Waals surface area contributed by atoms with Gasteiger partial charge in [0.1, 0.15) is 0 Å². The average Bonchev–Trinajstić information content (AvgIpc) is 2.40. The first-order valence-electron chi connectivity index (χ1n) is 5.57. The number of nitrogens with one attached hydrogen (secondary N) is 1. The van der Waals surface area contributed by atoms with Crippen LogP contribution < -0.4 is 9.91 Å². The molecule has 2 rings (SSSR count). The third kappa shape index (κ3) is 3.00. The first-order valence-corrected chi connectivity index (χ1v) is 6.42. The molecule has 19 heavy (non-hydrogen) atoms. The van der Waals surface area contributed by atoms with E-state index in [1.807, 2.05) is 24.3 Å². The van der Waals surface area contributed by atoms with Crippen LogP contribution in [-0.2, 0) is 0 Å². The minimum absolute atomic E-state index is 0.271. The summed E-state index contributed by atoms with van der Waals surface area (Å²) in [4.78, 5) is 16.3. The second kappa shape index (κ2) is 5.66. The van der Waals surface area contributed by atoms with Crippen molar-refractivity contribution in [3.8, 4) is 6.07 Å². The maximum atomic E-state index is 12.1. The Morgan fingerprint density at radius 2 is 2.05 bits per heavy atom. The molecular formula is C14H10N3OSe. The van der Waals surface area contributed by atoms with E-state index in [0.29, 0.717) is 27.1 Å². The number of carbonyl (C=O) groups excluding carboxylic acids is 1. The maximum absolute atomic E-state index is 12.1. The van der Waals surface area contributed by atoms with Gasteiger partial charge in [0.15, 0.2) is 0 Å². The fourth-order valence-corrected chi connectivity index (χ4v) is 2.12. The van der Waals surface area contributed by atoms with Crippen molar-refractivity contribution in [3.63, 3.8) is 0 Å². The van der Waals surface area contributed by atoms with Crippen LogP contribution in [0.3, 0.4) is 0 Å². The van der Waals surface area contributed by atoms with Gasteiger partial charge in [0.2, 0.25) is 0 Å². The Morgan fingerprint density at radius 3 is 2.68 bits per heavy atom. The summed E-state index contributed by atoms with van der Waals surface area (Å²) < 4.78 is 0.510. The van der Waals surface area contributed by atoms with Crippen LogP contribution in [0.1, 0.15) is 21.6 Å².